The molecule has 0 aliphatic carbocycles. The summed E-state index contributed by atoms with van der Waals surface area (Å²) in [6.07, 6.45) is 0. The minimum Gasteiger partial charge on any atom is -0.377 e. The number of ketones is 1. The zero-order valence-corrected chi connectivity index (χ0v) is 5.14. The summed E-state index contributed by atoms with van der Waals surface area (Å²) in [6.45, 7) is 0.293. The van der Waals surface area contributed by atoms with Crippen LogP contribution in [-0.2, 0) is 14.3 Å². The molecule has 8 heavy (non-hydrogen) atoms. The number of hydrogen-bond donors (Lipinski definition) is 0. The van der Waals surface area contributed by atoms with E-state index in [0.717, 1.165) is 0 Å². The van der Waals surface area contributed by atoms with Gasteiger partial charge in [0.05, 0.1) is 0 Å². The lowest BCUT2D eigenvalue weighted by atomic mass is 10.4. The van der Waals surface area contributed by atoms with Crippen LogP contribution in [0.4, 0.5) is 0 Å². The van der Waals surface area contributed by atoms with Crippen LogP contribution < -0.4 is 0 Å². The van der Waals surface area contributed by atoms with Gasteiger partial charge in [0.15, 0.2) is 5.78 Å². The summed E-state index contributed by atoms with van der Waals surface area (Å²) in [4.78, 5) is 10.4. The molecule has 48 valence electrons. The van der Waals surface area contributed by atoms with Gasteiger partial charge in [-0.25, -0.2) is 0 Å². The van der Waals surface area contributed by atoms with Gasteiger partial charge >= 0.3 is 0 Å². The number of ether oxygens (including phenoxy) is 2. The van der Waals surface area contributed by atoms with Gasteiger partial charge in [0.1, 0.15) is 13.2 Å². The third-order valence-electron chi connectivity index (χ3n) is 0.611. The second-order valence-corrected chi connectivity index (χ2v) is 1.40. The molecule has 0 aliphatic rings. The van der Waals surface area contributed by atoms with Gasteiger partial charge in [-0.2, -0.15) is 0 Å². The van der Waals surface area contributed by atoms with Crippen LogP contribution >= 0.6 is 0 Å². The summed E-state index contributed by atoms with van der Waals surface area (Å²) in [7, 11) is 2.96. The molecule has 0 aliphatic heterocycles. The fraction of sp³-hybridized carbons (Fsp3) is 0.800. The topological polar surface area (TPSA) is 35.5 Å². The Kier molecular flexibility index (Phi) is 4.50. The molecule has 0 atom stereocenters. The van der Waals surface area contributed by atoms with Crippen LogP contribution in [0.15, 0.2) is 0 Å². The smallest absolute Gasteiger partial charge is 0.183 e. The molecule has 0 rings (SSSR count). The highest BCUT2D eigenvalue weighted by molar-refractivity contribution is 5.80. The predicted molar refractivity (Wildman–Crippen MR) is 28.8 cm³/mol. The monoisotopic (exact) mass is 118 g/mol. The Morgan fingerprint density at radius 2 is 1.62 bits per heavy atom. The van der Waals surface area contributed by atoms with E-state index in [9.17, 15) is 4.79 Å². The molecule has 0 saturated heterocycles. The Labute approximate surface area is 48.6 Å². The summed E-state index contributed by atoms with van der Waals surface area (Å²) >= 11 is 0. The van der Waals surface area contributed by atoms with Crippen molar-refractivity contribution in [1.82, 2.24) is 0 Å². The highest BCUT2D eigenvalue weighted by Crippen LogP contribution is 1.73. The molecule has 0 N–H and O–H groups in total. The quantitative estimate of drug-likeness (QED) is 0.515. The number of hydrogen-bond acceptors (Lipinski definition) is 3. The van der Waals surface area contributed by atoms with Crippen molar-refractivity contribution in [2.24, 2.45) is 0 Å². The lowest BCUT2D eigenvalue weighted by Gasteiger charge is -1.94. The van der Waals surface area contributed by atoms with Crippen LogP contribution in [-0.4, -0.2) is 33.2 Å². The lowest BCUT2D eigenvalue weighted by molar-refractivity contribution is -0.126. The molecule has 0 aromatic rings. The fourth-order valence-corrected chi connectivity index (χ4v) is 0.364. The van der Waals surface area contributed by atoms with Gasteiger partial charge in [0.25, 0.3) is 0 Å². The maximum Gasteiger partial charge on any atom is 0.183 e. The lowest BCUT2D eigenvalue weighted by Crippen LogP contribution is -2.12. The molecule has 0 aromatic heterocycles. The largest absolute Gasteiger partial charge is 0.377 e. The van der Waals surface area contributed by atoms with Gasteiger partial charge in [-0.15, -0.1) is 0 Å². The van der Waals surface area contributed by atoms with E-state index < -0.39 is 0 Å². The molecule has 3 heteroatoms. The van der Waals surface area contributed by atoms with E-state index >= 15 is 0 Å². The van der Waals surface area contributed by atoms with Crippen LogP contribution in [0, 0.1) is 0 Å². The van der Waals surface area contributed by atoms with Gasteiger partial charge in [-0.1, -0.05) is 0 Å². The summed E-state index contributed by atoms with van der Waals surface area (Å²) < 4.78 is 9.05. The van der Waals surface area contributed by atoms with Crippen molar-refractivity contribution in [2.75, 3.05) is 27.4 Å². The van der Waals surface area contributed by atoms with Crippen molar-refractivity contribution in [1.29, 1.82) is 0 Å². The average Bonchev–Trinajstić information content (AvgIpc) is 1.68. The third-order valence-corrected chi connectivity index (χ3v) is 0.611. The summed E-state index contributed by atoms with van der Waals surface area (Å²) in [6, 6.07) is 0. The third kappa shape index (κ3) is 3.77. The van der Waals surface area contributed by atoms with Crippen LogP contribution in [0.25, 0.3) is 0 Å². The number of methoxy groups -OCH3 is 2. The molecule has 0 aromatic carbocycles. The van der Waals surface area contributed by atoms with E-state index in [0.29, 0.717) is 0 Å². The molecule has 0 bridgehead atoms. The van der Waals surface area contributed by atoms with E-state index in [-0.39, 0.29) is 19.0 Å². The van der Waals surface area contributed by atoms with E-state index in [2.05, 4.69) is 9.47 Å². The Morgan fingerprint density at radius 1 is 1.25 bits per heavy atom. The van der Waals surface area contributed by atoms with Crippen molar-refractivity contribution in [3.05, 3.63) is 0 Å². The van der Waals surface area contributed by atoms with E-state index in [4.69, 9.17) is 0 Å². The second-order valence-electron chi connectivity index (χ2n) is 1.40. The molecule has 0 spiro atoms. The van der Waals surface area contributed by atoms with Gasteiger partial charge in [-0.05, 0) is 0 Å². The number of Topliss-reactive ketones (excluding diaryl/α,β-unsaturated/α-hetero) is 1. The van der Waals surface area contributed by atoms with Crippen molar-refractivity contribution in [2.45, 2.75) is 0 Å². The summed E-state index contributed by atoms with van der Waals surface area (Å²) in [5, 5.41) is 0. The molecule has 0 heterocycles. The fourth-order valence-electron chi connectivity index (χ4n) is 0.364. The van der Waals surface area contributed by atoms with E-state index in [1.807, 2.05) is 0 Å². The van der Waals surface area contributed by atoms with Gasteiger partial charge < -0.3 is 9.47 Å². The first-order chi connectivity index (χ1) is 3.81. The van der Waals surface area contributed by atoms with Crippen LogP contribution in [0.5, 0.6) is 0 Å². The molecule has 3 nitrogen and oxygen atoms in total. The second kappa shape index (κ2) is 4.74. The Bertz CT molecular complexity index is 62.1. The van der Waals surface area contributed by atoms with E-state index in [1.54, 1.807) is 0 Å². The Balaban J connectivity index is 3.06. The first-order valence-corrected chi connectivity index (χ1v) is 2.31. The molecule has 0 saturated carbocycles. The number of rotatable bonds is 4. The molecule has 0 fully saturated rings. The van der Waals surface area contributed by atoms with Gasteiger partial charge in [0.2, 0.25) is 0 Å². The minimum absolute atomic E-state index is 0.0324. The first-order valence-electron chi connectivity index (χ1n) is 2.31. The average molecular weight is 118 g/mol. The molecule has 0 unspecified atom stereocenters. The zero-order chi connectivity index (χ0) is 6.41. The van der Waals surface area contributed by atoms with Crippen molar-refractivity contribution < 1.29 is 14.3 Å². The van der Waals surface area contributed by atoms with Gasteiger partial charge in [-0.3, -0.25) is 4.79 Å². The highest BCUT2D eigenvalue weighted by Gasteiger charge is 1.96. The van der Waals surface area contributed by atoms with Crippen molar-refractivity contribution >= 4 is 5.78 Å². The van der Waals surface area contributed by atoms with Crippen LogP contribution in [0.3, 0.4) is 0 Å². The first kappa shape index (κ1) is 7.59. The van der Waals surface area contributed by atoms with E-state index in [1.165, 1.54) is 14.2 Å². The highest BCUT2D eigenvalue weighted by atomic mass is 16.5. The van der Waals surface area contributed by atoms with Gasteiger partial charge in [0, 0.05) is 14.2 Å². The van der Waals surface area contributed by atoms with Crippen molar-refractivity contribution in [3.8, 4) is 0 Å². The molecule has 0 amide bonds. The minimum atomic E-state index is -0.0324. The standard InChI is InChI=1S/C5H10O3/c1-7-3-5(6)4-8-2/h3-4H2,1-2H3. The van der Waals surface area contributed by atoms with Crippen LogP contribution in [0.2, 0.25) is 0 Å². The zero-order valence-electron chi connectivity index (χ0n) is 5.14. The predicted octanol–water partition coefficient (Wildman–Crippen LogP) is -0.152. The summed E-state index contributed by atoms with van der Waals surface area (Å²) in [5.74, 6) is -0.0324. The maximum absolute atomic E-state index is 10.4. The summed E-state index contributed by atoms with van der Waals surface area (Å²) in [5.41, 5.74) is 0. The molecular formula is C5H10O3. The number of carbonyl (C=O) groups excluding carboxylic acids is 1. The normalized spacial score (nSPS) is 9.25. The number of carbonyl (C=O) groups is 1. The molecular weight excluding hydrogens is 108 g/mol. The molecule has 0 radical (unpaired) electrons. The SMILES string of the molecule is COCC(=O)COC. The maximum atomic E-state index is 10.4. The van der Waals surface area contributed by atoms with Crippen molar-refractivity contribution in [3.63, 3.8) is 0 Å². The Hall–Kier alpha value is -0.410. The Morgan fingerprint density at radius 3 is 1.88 bits per heavy atom. The van der Waals surface area contributed by atoms with Crippen LogP contribution in [0.1, 0.15) is 0 Å².